The van der Waals surface area contributed by atoms with Gasteiger partial charge in [-0.1, -0.05) is 0 Å². The minimum atomic E-state index is -0.499. The van der Waals surface area contributed by atoms with Crippen LogP contribution < -0.4 is 0 Å². The highest BCUT2D eigenvalue weighted by atomic mass is 19.1. The summed E-state index contributed by atoms with van der Waals surface area (Å²) in [4.78, 5) is 26.3. The van der Waals surface area contributed by atoms with Crippen LogP contribution in [0, 0.1) is 0 Å². The highest BCUT2D eigenvalue weighted by Gasteiger charge is 2.32. The summed E-state index contributed by atoms with van der Waals surface area (Å²) in [6.07, 6.45) is 2.73. The van der Waals surface area contributed by atoms with Crippen molar-refractivity contribution in [3.8, 4) is 0 Å². The molecule has 0 aromatic carbocycles. The van der Waals surface area contributed by atoms with E-state index in [0.717, 1.165) is 25.7 Å². The second kappa shape index (κ2) is 10.3. The van der Waals surface area contributed by atoms with Crippen molar-refractivity contribution in [2.75, 3.05) is 26.4 Å². The lowest BCUT2D eigenvalue weighted by Crippen LogP contribution is -2.41. The van der Waals surface area contributed by atoms with Crippen molar-refractivity contribution in [1.82, 2.24) is 9.80 Å². The predicted molar refractivity (Wildman–Crippen MR) is 105 cm³/mol. The Kier molecular flexibility index (Phi) is 8.98. The summed E-state index contributed by atoms with van der Waals surface area (Å²) in [6.45, 7) is 11.8. The number of amides is 2. The summed E-state index contributed by atoms with van der Waals surface area (Å²) in [5.74, 6) is 0. The molecule has 2 fully saturated rings. The first-order valence-corrected chi connectivity index (χ1v) is 10.0. The molecule has 2 heterocycles. The fourth-order valence-electron chi connectivity index (χ4n) is 3.14. The molecule has 0 radical (unpaired) electrons. The van der Waals surface area contributed by atoms with Gasteiger partial charge in [0.15, 0.2) is 0 Å². The van der Waals surface area contributed by atoms with Crippen LogP contribution in [0.5, 0.6) is 0 Å². The molecule has 2 rings (SSSR count). The van der Waals surface area contributed by atoms with Gasteiger partial charge in [-0.3, -0.25) is 0 Å². The Bertz CT molecular complexity index is 470. The van der Waals surface area contributed by atoms with E-state index < -0.39 is 24.0 Å². The monoisotopic (exact) mass is 404 g/mol. The quantitative estimate of drug-likeness (QED) is 0.759. The van der Waals surface area contributed by atoms with E-state index in [4.69, 9.17) is 14.6 Å². The Hall–Kier alpha value is -1.57. The average molecular weight is 405 g/mol. The Morgan fingerprint density at radius 2 is 1.29 bits per heavy atom. The molecule has 0 spiro atoms. The molecule has 7 nitrogen and oxygen atoms in total. The maximum absolute atomic E-state index is 12.5. The molecule has 1 N–H and O–H groups in total. The van der Waals surface area contributed by atoms with Gasteiger partial charge in [0, 0.05) is 13.1 Å². The second-order valence-electron chi connectivity index (χ2n) is 9.28. The summed E-state index contributed by atoms with van der Waals surface area (Å²) in [6, 6.07) is -0.324. The summed E-state index contributed by atoms with van der Waals surface area (Å²) < 4.78 is 22.9. The summed E-state index contributed by atoms with van der Waals surface area (Å²) in [5, 5.41) is 9.03. The number of hydrogen-bond donors (Lipinski definition) is 1. The third kappa shape index (κ3) is 8.20. The molecule has 2 amide bonds. The molecule has 0 aromatic rings. The van der Waals surface area contributed by atoms with Crippen LogP contribution in [0.3, 0.4) is 0 Å². The van der Waals surface area contributed by atoms with Crippen LogP contribution in [-0.4, -0.2) is 76.7 Å². The standard InChI is InChI=1S/C10H18FNO2.C10H19NO3/c1-10(2,3)14-9(13)12-6-4-5-8(12)7-11;1-10(2,3)14-9(13)11-6-4-5-8(11)7-12/h8H,4-7H2,1-3H3;8,12H,4-7H2,1-3H3/t2*8-/m11/s1. The third-order valence-electron chi connectivity index (χ3n) is 4.40. The topological polar surface area (TPSA) is 79.3 Å². The van der Waals surface area contributed by atoms with Crippen LogP contribution in [0.15, 0.2) is 0 Å². The predicted octanol–water partition coefficient (Wildman–Crippen LogP) is 3.73. The number of hydrogen-bond acceptors (Lipinski definition) is 5. The fourth-order valence-corrected chi connectivity index (χ4v) is 3.14. The average Bonchev–Trinajstić information content (AvgIpc) is 3.20. The smallest absolute Gasteiger partial charge is 0.410 e. The van der Waals surface area contributed by atoms with Gasteiger partial charge in [0.25, 0.3) is 0 Å². The zero-order valence-corrected chi connectivity index (χ0v) is 18.2. The van der Waals surface area contributed by atoms with Crippen molar-refractivity contribution < 1.29 is 28.6 Å². The SMILES string of the molecule is CC(C)(C)OC(=O)N1CCC[C@@H]1CF.CC(C)(C)OC(=O)N1CCC[C@@H]1CO. The number of likely N-dealkylation sites (tertiary alicyclic amines) is 2. The lowest BCUT2D eigenvalue weighted by Gasteiger charge is -2.27. The van der Waals surface area contributed by atoms with Crippen molar-refractivity contribution in [3.05, 3.63) is 0 Å². The molecular weight excluding hydrogens is 367 g/mol. The second-order valence-corrected chi connectivity index (χ2v) is 9.28. The van der Waals surface area contributed by atoms with Gasteiger partial charge in [-0.15, -0.1) is 0 Å². The molecule has 0 aromatic heterocycles. The first kappa shape index (κ1) is 24.5. The van der Waals surface area contributed by atoms with Crippen LogP contribution in [-0.2, 0) is 9.47 Å². The van der Waals surface area contributed by atoms with Crippen molar-refractivity contribution in [3.63, 3.8) is 0 Å². The van der Waals surface area contributed by atoms with Gasteiger partial charge in [-0.05, 0) is 67.2 Å². The third-order valence-corrected chi connectivity index (χ3v) is 4.40. The summed E-state index contributed by atoms with van der Waals surface area (Å²) in [5.41, 5.74) is -0.958. The molecule has 2 atom stereocenters. The lowest BCUT2D eigenvalue weighted by molar-refractivity contribution is 0.0173. The number of ether oxygens (including phenoxy) is 2. The highest BCUT2D eigenvalue weighted by molar-refractivity contribution is 5.69. The van der Waals surface area contributed by atoms with E-state index in [0.29, 0.717) is 13.1 Å². The minimum absolute atomic E-state index is 0.0270. The van der Waals surface area contributed by atoms with Crippen molar-refractivity contribution in [2.24, 2.45) is 0 Å². The molecule has 28 heavy (non-hydrogen) atoms. The first-order valence-electron chi connectivity index (χ1n) is 10.0. The number of aliphatic hydroxyl groups excluding tert-OH is 1. The molecule has 8 heteroatoms. The van der Waals surface area contributed by atoms with Crippen molar-refractivity contribution in [1.29, 1.82) is 0 Å². The van der Waals surface area contributed by atoms with E-state index in [-0.39, 0.29) is 24.8 Å². The van der Waals surface area contributed by atoms with Crippen LogP contribution in [0.25, 0.3) is 0 Å². The number of halogens is 1. The van der Waals surface area contributed by atoms with E-state index >= 15 is 0 Å². The Morgan fingerprint density at radius 3 is 1.64 bits per heavy atom. The zero-order chi connectivity index (χ0) is 21.5. The fraction of sp³-hybridized carbons (Fsp3) is 0.900. The lowest BCUT2D eigenvalue weighted by atomic mass is 10.2. The van der Waals surface area contributed by atoms with E-state index in [9.17, 15) is 14.0 Å². The largest absolute Gasteiger partial charge is 0.444 e. The van der Waals surface area contributed by atoms with Gasteiger partial charge >= 0.3 is 12.2 Å². The van der Waals surface area contributed by atoms with Crippen molar-refractivity contribution in [2.45, 2.75) is 90.5 Å². The van der Waals surface area contributed by atoms with Crippen molar-refractivity contribution >= 4 is 12.2 Å². The summed E-state index contributed by atoms with van der Waals surface area (Å²) in [7, 11) is 0. The first-order chi connectivity index (χ1) is 12.9. The summed E-state index contributed by atoms with van der Waals surface area (Å²) >= 11 is 0. The van der Waals surface area contributed by atoms with E-state index in [1.165, 1.54) is 4.90 Å². The van der Waals surface area contributed by atoms with Crippen LogP contribution in [0.2, 0.25) is 0 Å². The van der Waals surface area contributed by atoms with Crippen LogP contribution in [0.1, 0.15) is 67.2 Å². The van der Waals surface area contributed by atoms with Gasteiger partial charge in [0.2, 0.25) is 0 Å². The van der Waals surface area contributed by atoms with Gasteiger partial charge in [-0.2, -0.15) is 0 Å². The molecule has 0 saturated carbocycles. The van der Waals surface area contributed by atoms with E-state index in [1.54, 1.807) is 4.90 Å². The number of nitrogens with zero attached hydrogens (tertiary/aromatic N) is 2. The molecule has 2 aliphatic rings. The van der Waals surface area contributed by atoms with E-state index in [1.807, 2.05) is 41.5 Å². The number of carbonyl (C=O) groups is 2. The van der Waals surface area contributed by atoms with Gasteiger partial charge in [-0.25, -0.2) is 14.0 Å². The normalized spacial score (nSPS) is 22.6. The molecule has 0 unspecified atom stereocenters. The van der Waals surface area contributed by atoms with E-state index in [2.05, 4.69) is 0 Å². The van der Waals surface area contributed by atoms with Gasteiger partial charge in [0.1, 0.15) is 17.9 Å². The molecule has 2 saturated heterocycles. The maximum Gasteiger partial charge on any atom is 0.410 e. The number of aliphatic hydroxyl groups is 1. The van der Waals surface area contributed by atoms with Gasteiger partial charge in [0.05, 0.1) is 18.7 Å². The minimum Gasteiger partial charge on any atom is -0.444 e. The molecule has 0 aliphatic carbocycles. The van der Waals surface area contributed by atoms with Gasteiger partial charge < -0.3 is 24.4 Å². The zero-order valence-electron chi connectivity index (χ0n) is 18.2. The number of rotatable bonds is 2. The molecule has 164 valence electrons. The van der Waals surface area contributed by atoms with Crippen LogP contribution >= 0.6 is 0 Å². The number of carbonyl (C=O) groups excluding carboxylic acids is 2. The highest BCUT2D eigenvalue weighted by Crippen LogP contribution is 2.21. The molecule has 0 bridgehead atoms. The Labute approximate surface area is 168 Å². The molecular formula is C20H37FN2O5. The Balaban J connectivity index is 0.000000280. The maximum atomic E-state index is 12.5. The Morgan fingerprint density at radius 1 is 0.893 bits per heavy atom. The molecule has 2 aliphatic heterocycles. The van der Waals surface area contributed by atoms with Crippen LogP contribution in [0.4, 0.5) is 14.0 Å². The number of alkyl halides is 1.